The number of aryl methyl sites for hydroxylation is 1. The lowest BCUT2D eigenvalue weighted by atomic mass is 10.2. The Morgan fingerprint density at radius 1 is 1.20 bits per heavy atom. The van der Waals surface area contributed by atoms with Gasteiger partial charge in [-0.3, -0.25) is 0 Å². The van der Waals surface area contributed by atoms with E-state index in [4.69, 9.17) is 8.85 Å². The molecule has 0 aliphatic carbocycles. The van der Waals surface area contributed by atoms with Gasteiger partial charge in [0, 0.05) is 23.3 Å². The number of rotatable bonds is 5. The van der Waals surface area contributed by atoms with E-state index in [1.807, 2.05) is 19.9 Å². The van der Waals surface area contributed by atoms with Crippen LogP contribution in [0, 0.1) is 6.92 Å². The Labute approximate surface area is 98.9 Å². The minimum atomic E-state index is -1.74. The first kappa shape index (κ1) is 12.8. The summed E-state index contributed by atoms with van der Waals surface area (Å²) in [4.78, 5) is 0.971. The first-order valence-corrected chi connectivity index (χ1v) is 7.18. The van der Waals surface area contributed by atoms with Crippen molar-refractivity contribution in [2.24, 2.45) is 0 Å². The van der Waals surface area contributed by atoms with Crippen LogP contribution in [0.4, 0.5) is 0 Å². The summed E-state index contributed by atoms with van der Waals surface area (Å²) in [5.41, 5.74) is 1.22. The molecule has 0 aliphatic heterocycles. The Bertz CT molecular complexity index is 311. The predicted molar refractivity (Wildman–Crippen MR) is 68.5 cm³/mol. The van der Waals surface area contributed by atoms with Gasteiger partial charge in [0.05, 0.1) is 0 Å². The summed E-state index contributed by atoms with van der Waals surface area (Å²) in [6.07, 6.45) is 0. The molecule has 1 rings (SSSR count). The Morgan fingerprint density at radius 3 is 2.33 bits per heavy atom. The number of hydrogen-bond donors (Lipinski definition) is 1. The van der Waals surface area contributed by atoms with Gasteiger partial charge in [0.2, 0.25) is 0 Å². The maximum Gasteiger partial charge on any atom is 0.357 e. The molecular weight excluding hydrogens is 224 g/mol. The molecule has 0 amide bonds. The van der Waals surface area contributed by atoms with Crippen LogP contribution >= 0.6 is 12.6 Å². The predicted octanol–water partition coefficient (Wildman–Crippen LogP) is 1.78. The molecule has 0 heterocycles. The Morgan fingerprint density at radius 2 is 1.80 bits per heavy atom. The summed E-state index contributed by atoms with van der Waals surface area (Å²) >= 11 is 4.44. The van der Waals surface area contributed by atoms with Crippen molar-refractivity contribution in [3.63, 3.8) is 0 Å². The third-order valence-electron chi connectivity index (χ3n) is 2.07. The average molecular weight is 242 g/mol. The molecule has 0 radical (unpaired) electrons. The summed E-state index contributed by atoms with van der Waals surface area (Å²) in [6, 6.07) is 6.17. The van der Waals surface area contributed by atoms with Crippen LogP contribution in [0.1, 0.15) is 19.4 Å². The highest BCUT2D eigenvalue weighted by molar-refractivity contribution is 7.80. The highest BCUT2D eigenvalue weighted by Gasteiger charge is 2.18. The van der Waals surface area contributed by atoms with Crippen molar-refractivity contribution in [3.05, 3.63) is 23.8 Å². The molecule has 0 atom stereocenters. The van der Waals surface area contributed by atoms with Crippen LogP contribution < -0.4 is 5.19 Å². The second-order valence-corrected chi connectivity index (χ2v) is 5.74. The van der Waals surface area contributed by atoms with Crippen molar-refractivity contribution < 1.29 is 8.85 Å². The van der Waals surface area contributed by atoms with Gasteiger partial charge in [-0.05, 0) is 26.8 Å². The van der Waals surface area contributed by atoms with Crippen molar-refractivity contribution >= 4 is 27.1 Å². The van der Waals surface area contributed by atoms with Crippen molar-refractivity contribution in [3.8, 4) is 0 Å². The zero-order valence-electron chi connectivity index (χ0n) is 9.49. The maximum absolute atomic E-state index is 5.67. The molecule has 0 N–H and O–H groups in total. The molecule has 0 aliphatic rings. The van der Waals surface area contributed by atoms with Crippen molar-refractivity contribution in [1.29, 1.82) is 0 Å². The van der Waals surface area contributed by atoms with Gasteiger partial charge in [0.1, 0.15) is 0 Å². The normalized spacial score (nSPS) is 11.0. The molecule has 84 valence electrons. The molecular formula is C11H18O2SSi. The summed E-state index contributed by atoms with van der Waals surface area (Å²) in [7, 11) is -1.74. The largest absolute Gasteiger partial charge is 0.394 e. The molecule has 0 saturated heterocycles. The highest BCUT2D eigenvalue weighted by Crippen LogP contribution is 2.07. The number of benzene rings is 1. The standard InChI is InChI=1S/C11H18O2SSi/c1-4-12-15(13-5-2)11-8-9(3)6-7-10(11)14/h6-8,14-15H,4-5H2,1-3H3. The van der Waals surface area contributed by atoms with Crippen LogP contribution in [0.3, 0.4) is 0 Å². The molecule has 0 bridgehead atoms. The molecule has 2 nitrogen and oxygen atoms in total. The van der Waals surface area contributed by atoms with E-state index in [1.165, 1.54) is 5.56 Å². The molecule has 0 fully saturated rings. The third-order valence-corrected chi connectivity index (χ3v) is 4.98. The quantitative estimate of drug-likeness (QED) is 0.627. The highest BCUT2D eigenvalue weighted by atomic mass is 32.1. The van der Waals surface area contributed by atoms with Crippen LogP contribution in [-0.4, -0.2) is 22.5 Å². The van der Waals surface area contributed by atoms with E-state index in [2.05, 4.69) is 31.7 Å². The monoisotopic (exact) mass is 242 g/mol. The van der Waals surface area contributed by atoms with Gasteiger partial charge in [-0.15, -0.1) is 12.6 Å². The van der Waals surface area contributed by atoms with E-state index in [9.17, 15) is 0 Å². The van der Waals surface area contributed by atoms with Gasteiger partial charge in [-0.2, -0.15) is 0 Å². The van der Waals surface area contributed by atoms with E-state index in [-0.39, 0.29) is 0 Å². The minimum Gasteiger partial charge on any atom is -0.394 e. The molecule has 15 heavy (non-hydrogen) atoms. The van der Waals surface area contributed by atoms with Crippen LogP contribution in [0.25, 0.3) is 0 Å². The van der Waals surface area contributed by atoms with Gasteiger partial charge in [0.25, 0.3) is 0 Å². The average Bonchev–Trinajstić information content (AvgIpc) is 2.21. The van der Waals surface area contributed by atoms with Gasteiger partial charge in [-0.1, -0.05) is 17.7 Å². The second-order valence-electron chi connectivity index (χ2n) is 3.30. The SMILES string of the molecule is CCO[SiH](OCC)c1cc(C)ccc1S. The van der Waals surface area contributed by atoms with Crippen LogP contribution in [0.5, 0.6) is 0 Å². The van der Waals surface area contributed by atoms with E-state index in [1.54, 1.807) is 0 Å². The zero-order chi connectivity index (χ0) is 11.3. The molecule has 4 heteroatoms. The number of thiol groups is 1. The van der Waals surface area contributed by atoms with E-state index in [0.29, 0.717) is 13.2 Å². The molecule has 1 aromatic rings. The Kier molecular flexibility index (Phi) is 5.39. The molecule has 0 unspecified atom stereocenters. The summed E-state index contributed by atoms with van der Waals surface area (Å²) in [5, 5.41) is 1.14. The molecule has 0 saturated carbocycles. The maximum atomic E-state index is 5.67. The van der Waals surface area contributed by atoms with Crippen LogP contribution in [-0.2, 0) is 8.85 Å². The first-order chi connectivity index (χ1) is 7.19. The lowest BCUT2D eigenvalue weighted by molar-refractivity contribution is 0.225. The Hall–Kier alpha value is -0.293. The fourth-order valence-electron chi connectivity index (χ4n) is 1.39. The van der Waals surface area contributed by atoms with Crippen molar-refractivity contribution in [2.45, 2.75) is 25.7 Å². The minimum absolute atomic E-state index is 0.693. The summed E-state index contributed by atoms with van der Waals surface area (Å²) in [6.45, 7) is 7.44. The fourth-order valence-corrected chi connectivity index (χ4v) is 3.65. The van der Waals surface area contributed by atoms with Gasteiger partial charge < -0.3 is 8.85 Å². The van der Waals surface area contributed by atoms with Gasteiger partial charge >= 0.3 is 9.28 Å². The number of hydrogen-bond acceptors (Lipinski definition) is 3. The Balaban J connectivity index is 2.93. The van der Waals surface area contributed by atoms with Crippen LogP contribution in [0.15, 0.2) is 23.1 Å². The topological polar surface area (TPSA) is 18.5 Å². The van der Waals surface area contributed by atoms with Crippen molar-refractivity contribution in [2.75, 3.05) is 13.2 Å². The van der Waals surface area contributed by atoms with Gasteiger partial charge in [-0.25, -0.2) is 0 Å². The first-order valence-electron chi connectivity index (χ1n) is 5.21. The lowest BCUT2D eigenvalue weighted by Crippen LogP contribution is -2.38. The van der Waals surface area contributed by atoms with Crippen LogP contribution in [0.2, 0.25) is 0 Å². The van der Waals surface area contributed by atoms with E-state index in [0.717, 1.165) is 10.1 Å². The summed E-state index contributed by atoms with van der Waals surface area (Å²) < 4.78 is 11.3. The second kappa shape index (κ2) is 6.32. The van der Waals surface area contributed by atoms with Crippen molar-refractivity contribution in [1.82, 2.24) is 0 Å². The lowest BCUT2D eigenvalue weighted by Gasteiger charge is -2.17. The molecule has 0 spiro atoms. The van der Waals surface area contributed by atoms with Gasteiger partial charge in [0.15, 0.2) is 0 Å². The molecule has 1 aromatic carbocycles. The third kappa shape index (κ3) is 3.64. The zero-order valence-corrected chi connectivity index (χ0v) is 11.5. The summed E-state index contributed by atoms with van der Waals surface area (Å²) in [5.74, 6) is 0. The smallest absolute Gasteiger partial charge is 0.357 e. The molecule has 0 aromatic heterocycles. The fraction of sp³-hybridized carbons (Fsp3) is 0.455. The van der Waals surface area contributed by atoms with E-state index >= 15 is 0 Å². The van der Waals surface area contributed by atoms with E-state index < -0.39 is 9.28 Å².